The van der Waals surface area contributed by atoms with E-state index < -0.39 is 5.97 Å². The Morgan fingerprint density at radius 1 is 1.21 bits per heavy atom. The first kappa shape index (κ1) is 15.3. The summed E-state index contributed by atoms with van der Waals surface area (Å²) in [7, 11) is 0. The van der Waals surface area contributed by atoms with Crippen molar-refractivity contribution in [3.63, 3.8) is 0 Å². The minimum absolute atomic E-state index is 0.235. The number of carboxylic acids is 1. The van der Waals surface area contributed by atoms with Crippen molar-refractivity contribution in [2.45, 2.75) is 38.3 Å². The van der Waals surface area contributed by atoms with Crippen LogP contribution in [0.5, 0.6) is 0 Å². The van der Waals surface area contributed by atoms with E-state index in [1.807, 2.05) is 12.5 Å². The van der Waals surface area contributed by atoms with Gasteiger partial charge in [-0.1, -0.05) is 0 Å². The number of hydrogen-bond acceptors (Lipinski definition) is 4. The van der Waals surface area contributed by atoms with Crippen LogP contribution in [0.4, 0.5) is 0 Å². The summed E-state index contributed by atoms with van der Waals surface area (Å²) in [4.78, 5) is 22.3. The Kier molecular flexibility index (Phi) is 4.06. The second-order valence-corrected chi connectivity index (χ2v) is 6.81. The Bertz CT molecular complexity index is 738. The Hall–Kier alpha value is -2.21. The van der Waals surface area contributed by atoms with Crippen LogP contribution in [0.25, 0.3) is 11.4 Å². The van der Waals surface area contributed by atoms with E-state index >= 15 is 0 Å². The highest BCUT2D eigenvalue weighted by Crippen LogP contribution is 2.39. The first-order valence-electron chi connectivity index (χ1n) is 8.66. The summed E-state index contributed by atoms with van der Waals surface area (Å²) in [6.07, 6.45) is 10.8. The number of likely N-dealkylation sites (tertiary alicyclic amines) is 1. The molecule has 0 bridgehead atoms. The van der Waals surface area contributed by atoms with E-state index in [9.17, 15) is 4.79 Å². The van der Waals surface area contributed by atoms with Crippen molar-refractivity contribution in [1.82, 2.24) is 19.4 Å². The van der Waals surface area contributed by atoms with Gasteiger partial charge in [-0.25, -0.2) is 9.78 Å². The molecule has 0 radical (unpaired) electrons. The van der Waals surface area contributed by atoms with Crippen molar-refractivity contribution in [2.24, 2.45) is 5.92 Å². The Labute approximate surface area is 141 Å². The molecule has 6 nitrogen and oxygen atoms in total. The van der Waals surface area contributed by atoms with Crippen LogP contribution in [0.2, 0.25) is 0 Å². The van der Waals surface area contributed by atoms with Crippen molar-refractivity contribution in [3.05, 3.63) is 36.4 Å². The van der Waals surface area contributed by atoms with Crippen molar-refractivity contribution in [1.29, 1.82) is 0 Å². The first-order chi connectivity index (χ1) is 11.7. The minimum atomic E-state index is -0.946. The van der Waals surface area contributed by atoms with Gasteiger partial charge in [0, 0.05) is 31.5 Å². The molecule has 0 aromatic carbocycles. The van der Waals surface area contributed by atoms with Crippen LogP contribution in [-0.4, -0.2) is 49.6 Å². The quantitative estimate of drug-likeness (QED) is 0.883. The zero-order chi connectivity index (χ0) is 16.5. The molecule has 0 unspecified atom stereocenters. The molecule has 2 aromatic heterocycles. The molecule has 1 saturated heterocycles. The van der Waals surface area contributed by atoms with E-state index in [0.717, 1.165) is 30.7 Å². The Balaban J connectivity index is 1.41. The molecule has 1 aliphatic heterocycles. The van der Waals surface area contributed by atoms with Gasteiger partial charge in [-0.05, 0) is 50.3 Å². The van der Waals surface area contributed by atoms with Gasteiger partial charge in [0.15, 0.2) is 0 Å². The van der Waals surface area contributed by atoms with Crippen LogP contribution >= 0.6 is 0 Å². The minimum Gasteiger partial charge on any atom is -0.478 e. The smallest absolute Gasteiger partial charge is 0.335 e. The lowest BCUT2D eigenvalue weighted by Crippen LogP contribution is -2.33. The van der Waals surface area contributed by atoms with Gasteiger partial charge >= 0.3 is 5.97 Å². The van der Waals surface area contributed by atoms with Crippen LogP contribution in [0, 0.1) is 5.92 Å². The summed E-state index contributed by atoms with van der Waals surface area (Å²) in [5.41, 5.74) is 1.56. The number of hydrogen-bond donors (Lipinski definition) is 1. The molecule has 2 aliphatic rings. The average Bonchev–Trinajstić information content (AvgIpc) is 3.14. The summed E-state index contributed by atoms with van der Waals surface area (Å²) in [6.45, 7) is 3.18. The first-order valence-corrected chi connectivity index (χ1v) is 8.66. The third kappa shape index (κ3) is 3.19. The van der Waals surface area contributed by atoms with E-state index in [1.165, 1.54) is 44.5 Å². The molecule has 1 saturated carbocycles. The fraction of sp³-hybridized carbons (Fsp3) is 0.500. The molecule has 1 N–H and O–H groups in total. The molecule has 1 atom stereocenters. The van der Waals surface area contributed by atoms with Crippen LogP contribution in [0.3, 0.4) is 0 Å². The highest BCUT2D eigenvalue weighted by molar-refractivity contribution is 5.88. The number of rotatable bonds is 6. The molecule has 3 heterocycles. The van der Waals surface area contributed by atoms with Gasteiger partial charge in [0.05, 0.1) is 17.6 Å². The lowest BCUT2D eigenvalue weighted by Gasteiger charge is -2.24. The SMILES string of the molecule is O=C(O)c1ccnc(-c2cn(CCN3CCC[C@@H]3C3CC3)cn2)c1. The summed E-state index contributed by atoms with van der Waals surface area (Å²) in [5, 5.41) is 9.08. The molecule has 2 fully saturated rings. The lowest BCUT2D eigenvalue weighted by molar-refractivity contribution is 0.0697. The number of carboxylic acid groups (broad SMARTS) is 1. The average molecular weight is 326 g/mol. The molecule has 6 heteroatoms. The molecule has 1 aliphatic carbocycles. The van der Waals surface area contributed by atoms with Crippen LogP contribution in [-0.2, 0) is 6.54 Å². The fourth-order valence-electron chi connectivity index (χ4n) is 3.71. The second-order valence-electron chi connectivity index (χ2n) is 6.81. The summed E-state index contributed by atoms with van der Waals surface area (Å²) < 4.78 is 2.08. The molecule has 24 heavy (non-hydrogen) atoms. The van der Waals surface area contributed by atoms with Gasteiger partial charge in [0.1, 0.15) is 5.69 Å². The zero-order valence-corrected chi connectivity index (χ0v) is 13.6. The Morgan fingerprint density at radius 3 is 2.88 bits per heavy atom. The van der Waals surface area contributed by atoms with Gasteiger partial charge < -0.3 is 9.67 Å². The van der Waals surface area contributed by atoms with Crippen molar-refractivity contribution in [2.75, 3.05) is 13.1 Å². The maximum atomic E-state index is 11.1. The standard InChI is InChI=1S/C18H22N4O2/c23-18(24)14-5-6-19-15(10-14)16-11-21(12-20-16)8-9-22-7-1-2-17(22)13-3-4-13/h5-6,10-13,17H,1-4,7-9H2,(H,23,24)/t17-/m1/s1. The predicted molar refractivity (Wildman–Crippen MR) is 89.7 cm³/mol. The number of nitrogens with zero attached hydrogens (tertiary/aromatic N) is 4. The molecule has 4 rings (SSSR count). The second kappa shape index (κ2) is 6.36. The maximum Gasteiger partial charge on any atom is 0.335 e. The van der Waals surface area contributed by atoms with Gasteiger partial charge in [-0.2, -0.15) is 0 Å². The van der Waals surface area contributed by atoms with E-state index in [0.29, 0.717) is 5.69 Å². The molecule has 0 spiro atoms. The topological polar surface area (TPSA) is 71.2 Å². The van der Waals surface area contributed by atoms with Crippen molar-refractivity contribution in [3.8, 4) is 11.4 Å². The normalized spacial score (nSPS) is 21.2. The number of imidazole rings is 1. The van der Waals surface area contributed by atoms with E-state index in [-0.39, 0.29) is 5.56 Å². The largest absolute Gasteiger partial charge is 0.478 e. The zero-order valence-electron chi connectivity index (χ0n) is 13.6. The van der Waals surface area contributed by atoms with Gasteiger partial charge in [0.2, 0.25) is 0 Å². The number of aromatic carboxylic acids is 1. The fourth-order valence-corrected chi connectivity index (χ4v) is 3.71. The maximum absolute atomic E-state index is 11.1. The highest BCUT2D eigenvalue weighted by atomic mass is 16.4. The molecule has 0 amide bonds. The third-order valence-electron chi connectivity index (χ3n) is 5.13. The van der Waals surface area contributed by atoms with Gasteiger partial charge in [-0.15, -0.1) is 0 Å². The van der Waals surface area contributed by atoms with Crippen LogP contribution in [0.15, 0.2) is 30.9 Å². The van der Waals surface area contributed by atoms with E-state index in [2.05, 4.69) is 19.4 Å². The predicted octanol–water partition coefficient (Wildman–Crippen LogP) is 2.52. The van der Waals surface area contributed by atoms with Gasteiger partial charge in [-0.3, -0.25) is 9.88 Å². The third-order valence-corrected chi connectivity index (χ3v) is 5.13. The van der Waals surface area contributed by atoms with Crippen molar-refractivity contribution >= 4 is 5.97 Å². The summed E-state index contributed by atoms with van der Waals surface area (Å²) in [6, 6.07) is 3.86. The number of pyridine rings is 1. The van der Waals surface area contributed by atoms with Crippen molar-refractivity contribution < 1.29 is 9.90 Å². The summed E-state index contributed by atoms with van der Waals surface area (Å²) in [5.74, 6) is -0.00737. The molecular weight excluding hydrogens is 304 g/mol. The Morgan fingerprint density at radius 2 is 2.08 bits per heavy atom. The molecular formula is C18H22N4O2. The lowest BCUT2D eigenvalue weighted by atomic mass is 10.1. The monoisotopic (exact) mass is 326 g/mol. The van der Waals surface area contributed by atoms with Gasteiger partial charge in [0.25, 0.3) is 0 Å². The number of aromatic nitrogens is 3. The van der Waals surface area contributed by atoms with Crippen LogP contribution < -0.4 is 0 Å². The summed E-state index contributed by atoms with van der Waals surface area (Å²) >= 11 is 0. The molecule has 126 valence electrons. The van der Waals surface area contributed by atoms with E-state index in [4.69, 9.17) is 5.11 Å². The highest BCUT2D eigenvalue weighted by Gasteiger charge is 2.37. The van der Waals surface area contributed by atoms with E-state index in [1.54, 1.807) is 6.07 Å². The molecule has 2 aromatic rings. The van der Waals surface area contributed by atoms with Crippen LogP contribution in [0.1, 0.15) is 36.0 Å². The number of carbonyl (C=O) groups is 1.